The number of alkyl halides is 1. The maximum atomic E-state index is 17.0. The summed E-state index contributed by atoms with van der Waals surface area (Å²) in [4.78, 5) is 20.4. The summed E-state index contributed by atoms with van der Waals surface area (Å²) in [5.41, 5.74) is 2.37. The highest BCUT2D eigenvalue weighted by Crippen LogP contribution is 2.60. The molecule has 2 saturated carbocycles. The van der Waals surface area contributed by atoms with E-state index >= 15 is 8.78 Å². The predicted molar refractivity (Wildman–Crippen MR) is 176 cm³/mol. The molecule has 238 valence electrons. The fraction of sp³-hybridized carbons (Fsp3) is 0.472. The van der Waals surface area contributed by atoms with Crippen LogP contribution in [-0.4, -0.2) is 45.2 Å². The lowest BCUT2D eigenvalue weighted by Gasteiger charge is -2.33. The summed E-state index contributed by atoms with van der Waals surface area (Å²) in [7, 11) is 0. The van der Waals surface area contributed by atoms with Gasteiger partial charge in [-0.2, -0.15) is 5.26 Å². The van der Waals surface area contributed by atoms with Gasteiger partial charge >= 0.3 is 0 Å². The molecular formula is C36H35Cl2F2N5O. The van der Waals surface area contributed by atoms with Gasteiger partial charge in [-0.3, -0.25) is 4.79 Å². The molecule has 2 aromatic heterocycles. The number of nitrogens with one attached hydrogen (secondary N) is 1. The highest BCUT2D eigenvalue weighted by Gasteiger charge is 2.65. The van der Waals surface area contributed by atoms with Crippen LogP contribution < -0.4 is 5.32 Å². The van der Waals surface area contributed by atoms with Crippen LogP contribution in [0.3, 0.4) is 0 Å². The van der Waals surface area contributed by atoms with Crippen molar-refractivity contribution < 1.29 is 13.6 Å². The number of hydrogen-bond donors (Lipinski definition) is 1. The average molecular weight is 663 g/mol. The number of fused-ring (bicyclic) bond motifs is 4. The number of nitrogens with zero attached hydrogens (tertiary/aromatic N) is 4. The van der Waals surface area contributed by atoms with Gasteiger partial charge in [0.15, 0.2) is 11.5 Å². The van der Waals surface area contributed by atoms with Crippen LogP contribution in [0.5, 0.6) is 0 Å². The van der Waals surface area contributed by atoms with E-state index in [1.165, 1.54) is 0 Å². The molecule has 46 heavy (non-hydrogen) atoms. The van der Waals surface area contributed by atoms with Crippen molar-refractivity contribution in [3.8, 4) is 17.2 Å². The van der Waals surface area contributed by atoms with Crippen molar-refractivity contribution in [2.75, 3.05) is 13.1 Å². The van der Waals surface area contributed by atoms with E-state index in [0.29, 0.717) is 51.0 Å². The minimum absolute atomic E-state index is 0.0386. The molecule has 2 aliphatic carbocycles. The summed E-state index contributed by atoms with van der Waals surface area (Å²) in [6, 6.07) is 11.2. The number of nitriles is 1. The molecular weight excluding hydrogens is 627 g/mol. The van der Waals surface area contributed by atoms with Gasteiger partial charge in [0, 0.05) is 52.3 Å². The fourth-order valence-corrected chi connectivity index (χ4v) is 8.84. The number of amides is 1. The van der Waals surface area contributed by atoms with Gasteiger partial charge in [-0.1, -0.05) is 49.2 Å². The lowest BCUT2D eigenvalue weighted by atomic mass is 9.93. The molecule has 6 nitrogen and oxygen atoms in total. The van der Waals surface area contributed by atoms with Crippen LogP contribution in [0.2, 0.25) is 10.0 Å². The number of likely N-dealkylation sites (tertiary alicyclic amines) is 1. The van der Waals surface area contributed by atoms with Gasteiger partial charge < -0.3 is 14.8 Å². The van der Waals surface area contributed by atoms with Gasteiger partial charge in [0.1, 0.15) is 5.52 Å². The SMILES string of the molecule is Cc1nc2c(F)c(-c3cccc(Cl)c3Cl)c(CCC#N)cc2c2c1cc([C@H]1CC3C(C)C3N1C(=O)C1(F)CC1)n2[C@@H]1CNC[C@H]1C. The molecule has 0 bridgehead atoms. The lowest BCUT2D eigenvalue weighted by molar-refractivity contribution is -0.140. The molecule has 1 N–H and O–H groups in total. The van der Waals surface area contributed by atoms with E-state index in [2.05, 4.69) is 35.9 Å². The van der Waals surface area contributed by atoms with Gasteiger partial charge in [0.2, 0.25) is 0 Å². The number of carbonyl (C=O) groups is 1. The van der Waals surface area contributed by atoms with Gasteiger partial charge in [-0.25, -0.2) is 13.8 Å². The topological polar surface area (TPSA) is 74.0 Å². The molecule has 2 aliphatic heterocycles. The molecule has 4 heterocycles. The zero-order chi connectivity index (χ0) is 32.2. The predicted octanol–water partition coefficient (Wildman–Crippen LogP) is 8.26. The summed E-state index contributed by atoms with van der Waals surface area (Å²) >= 11 is 13.0. The highest BCUT2D eigenvalue weighted by molar-refractivity contribution is 6.43. The minimum atomic E-state index is -1.75. The van der Waals surface area contributed by atoms with Crippen molar-refractivity contribution in [3.63, 3.8) is 0 Å². The zero-order valence-electron chi connectivity index (χ0n) is 26.0. The van der Waals surface area contributed by atoms with E-state index in [-0.39, 0.29) is 59.8 Å². The maximum Gasteiger partial charge on any atom is 0.261 e. The summed E-state index contributed by atoms with van der Waals surface area (Å²) in [6.07, 6.45) is 1.85. The smallest absolute Gasteiger partial charge is 0.261 e. The van der Waals surface area contributed by atoms with Gasteiger partial charge in [-0.15, -0.1) is 0 Å². The lowest BCUT2D eigenvalue weighted by Crippen LogP contribution is -2.42. The number of hydrogen-bond acceptors (Lipinski definition) is 4. The first-order chi connectivity index (χ1) is 22.1. The third-order valence-electron chi connectivity index (χ3n) is 11.2. The summed E-state index contributed by atoms with van der Waals surface area (Å²) in [5.74, 6) is 0.0760. The summed E-state index contributed by atoms with van der Waals surface area (Å²) in [6.45, 7) is 7.79. The van der Waals surface area contributed by atoms with E-state index in [9.17, 15) is 10.1 Å². The largest absolute Gasteiger partial charge is 0.337 e. The third-order valence-corrected chi connectivity index (χ3v) is 12.0. The van der Waals surface area contributed by atoms with Crippen LogP contribution in [0.4, 0.5) is 8.78 Å². The number of aromatic nitrogens is 2. The Morgan fingerprint density at radius 3 is 2.67 bits per heavy atom. The Kier molecular flexibility index (Phi) is 6.96. The molecule has 8 rings (SSSR count). The fourth-order valence-electron chi connectivity index (χ4n) is 8.45. The third kappa shape index (κ3) is 4.34. The Hall–Kier alpha value is -3.25. The minimum Gasteiger partial charge on any atom is -0.337 e. The first-order valence-corrected chi connectivity index (χ1v) is 17.0. The molecule has 2 aromatic carbocycles. The van der Waals surface area contributed by atoms with E-state index < -0.39 is 11.5 Å². The molecule has 0 radical (unpaired) electrons. The monoisotopic (exact) mass is 661 g/mol. The molecule has 1 amide bonds. The Bertz CT molecular complexity index is 2000. The first-order valence-electron chi connectivity index (χ1n) is 16.3. The van der Waals surface area contributed by atoms with Gasteiger partial charge in [0.25, 0.3) is 5.91 Å². The van der Waals surface area contributed by atoms with Crippen LogP contribution in [0.25, 0.3) is 32.9 Å². The van der Waals surface area contributed by atoms with E-state index in [4.69, 9.17) is 28.2 Å². The van der Waals surface area contributed by atoms with E-state index in [1.54, 1.807) is 18.2 Å². The number of halogens is 4. The molecule has 2 saturated heterocycles. The molecule has 4 aromatic rings. The van der Waals surface area contributed by atoms with Crippen LogP contribution in [0.1, 0.15) is 68.6 Å². The van der Waals surface area contributed by atoms with Crippen molar-refractivity contribution >= 4 is 50.9 Å². The zero-order valence-corrected chi connectivity index (χ0v) is 27.5. The van der Waals surface area contributed by atoms with Crippen molar-refractivity contribution in [3.05, 3.63) is 63.1 Å². The van der Waals surface area contributed by atoms with Crippen LogP contribution in [0.15, 0.2) is 30.3 Å². The van der Waals surface area contributed by atoms with Crippen molar-refractivity contribution in [2.24, 2.45) is 17.8 Å². The van der Waals surface area contributed by atoms with Crippen molar-refractivity contribution in [1.29, 1.82) is 5.26 Å². The first kappa shape index (κ1) is 30.1. The molecule has 3 unspecified atom stereocenters. The quantitative estimate of drug-likeness (QED) is 0.226. The van der Waals surface area contributed by atoms with Gasteiger partial charge in [0.05, 0.1) is 33.7 Å². The van der Waals surface area contributed by atoms with Crippen molar-refractivity contribution in [2.45, 2.75) is 76.7 Å². The van der Waals surface area contributed by atoms with Crippen LogP contribution in [0, 0.1) is 41.8 Å². The number of carbonyl (C=O) groups excluding carboxylic acids is 1. The number of aryl methyl sites for hydroxylation is 2. The number of rotatable bonds is 6. The number of benzene rings is 2. The number of pyridine rings is 1. The van der Waals surface area contributed by atoms with E-state index in [1.807, 2.05) is 17.9 Å². The second kappa shape index (κ2) is 10.6. The van der Waals surface area contributed by atoms with Crippen LogP contribution >= 0.6 is 23.2 Å². The normalized spacial score (nSPS) is 27.7. The summed E-state index contributed by atoms with van der Waals surface area (Å²) < 4.78 is 34.7. The second-order valence-corrected chi connectivity index (χ2v) is 14.7. The Morgan fingerprint density at radius 2 is 1.98 bits per heavy atom. The van der Waals surface area contributed by atoms with Crippen molar-refractivity contribution in [1.82, 2.24) is 19.8 Å². The Labute approximate surface area is 276 Å². The maximum absolute atomic E-state index is 17.0. The second-order valence-electron chi connectivity index (χ2n) is 13.9. The standard InChI is InChI=1S/C36H35Cl2F2N5O/c1-17-15-42-16-28(17)44-26(27-13-22-18(2)33(22)45(27)35(46)36(40)9-10-36)14-23-19(3)43-32-24(34(23)44)12-20(6-5-11-41)29(31(32)39)21-7-4-8-25(37)30(21)38/h4,7-8,12,14,17-18,22,27-28,33,42H,5-6,9-10,13,15-16H2,1-3H3/t17-,18?,22?,27-,28-,33?/m1/s1. The van der Waals surface area contributed by atoms with Gasteiger partial charge in [-0.05, 0) is 80.7 Å². The molecule has 10 heteroatoms. The molecule has 4 aliphatic rings. The average Bonchev–Trinajstić information content (AvgIpc) is 3.66. The molecule has 6 atom stereocenters. The number of piperidine rings is 1. The van der Waals surface area contributed by atoms with Crippen LogP contribution in [-0.2, 0) is 11.2 Å². The summed E-state index contributed by atoms with van der Waals surface area (Å²) in [5, 5.41) is 15.2. The molecule has 4 fully saturated rings. The van der Waals surface area contributed by atoms with E-state index in [0.717, 1.165) is 36.1 Å². The molecule has 0 spiro atoms. The highest BCUT2D eigenvalue weighted by atomic mass is 35.5. The Balaban J connectivity index is 1.41. The Morgan fingerprint density at radius 1 is 1.20 bits per heavy atom.